The summed E-state index contributed by atoms with van der Waals surface area (Å²) >= 11 is 0. The molecule has 0 atom stereocenters. The quantitative estimate of drug-likeness (QED) is 0.769. The number of nitrogens with zero attached hydrogens (tertiary/aromatic N) is 1. The zero-order valence-corrected chi connectivity index (χ0v) is 7.93. The molecule has 0 saturated heterocycles. The van der Waals surface area contributed by atoms with E-state index in [0.29, 0.717) is 16.7 Å². The summed E-state index contributed by atoms with van der Waals surface area (Å²) in [5.41, 5.74) is 1.80. The normalized spacial score (nSPS) is 10.5. The summed E-state index contributed by atoms with van der Waals surface area (Å²) in [7, 11) is 0. The second-order valence-corrected chi connectivity index (χ2v) is 3.01. The van der Waals surface area contributed by atoms with E-state index >= 15 is 0 Å². The Morgan fingerprint density at radius 2 is 2.40 bits per heavy atom. The van der Waals surface area contributed by atoms with Gasteiger partial charge in [-0.25, -0.2) is 4.98 Å². The second kappa shape index (κ2) is 4.10. The standard InChI is InChI=1S/C10H10N2O3/c13-4-3-11-10(14)7-1-2-9-8(5-7)12-6-15-9/h1-2,5-6,13H,3-4H2,(H,11,14). The van der Waals surface area contributed by atoms with Gasteiger partial charge in [0.1, 0.15) is 5.52 Å². The minimum absolute atomic E-state index is 0.0715. The first-order valence-corrected chi connectivity index (χ1v) is 4.53. The summed E-state index contributed by atoms with van der Waals surface area (Å²) < 4.78 is 5.05. The molecule has 0 radical (unpaired) electrons. The number of oxazole rings is 1. The van der Waals surface area contributed by atoms with E-state index in [2.05, 4.69) is 10.3 Å². The number of amides is 1. The maximum Gasteiger partial charge on any atom is 0.251 e. The molecular weight excluding hydrogens is 196 g/mol. The Kier molecular flexibility index (Phi) is 2.64. The Morgan fingerprint density at radius 3 is 3.20 bits per heavy atom. The van der Waals surface area contributed by atoms with Crippen LogP contribution in [0.3, 0.4) is 0 Å². The minimum atomic E-state index is -0.228. The molecule has 15 heavy (non-hydrogen) atoms. The molecule has 5 nitrogen and oxygen atoms in total. The predicted octanol–water partition coefficient (Wildman–Crippen LogP) is 0.550. The Balaban J connectivity index is 2.23. The lowest BCUT2D eigenvalue weighted by Gasteiger charge is -2.02. The summed E-state index contributed by atoms with van der Waals surface area (Å²) in [6, 6.07) is 4.99. The van der Waals surface area contributed by atoms with Crippen molar-refractivity contribution in [2.45, 2.75) is 0 Å². The van der Waals surface area contributed by atoms with Crippen LogP contribution in [0.4, 0.5) is 0 Å². The van der Waals surface area contributed by atoms with Gasteiger partial charge in [0.15, 0.2) is 12.0 Å². The van der Waals surface area contributed by atoms with Gasteiger partial charge in [-0.3, -0.25) is 4.79 Å². The fourth-order valence-corrected chi connectivity index (χ4v) is 1.27. The van der Waals surface area contributed by atoms with Gasteiger partial charge in [0.05, 0.1) is 6.61 Å². The van der Waals surface area contributed by atoms with Gasteiger partial charge in [-0.15, -0.1) is 0 Å². The Labute approximate surface area is 85.7 Å². The average molecular weight is 206 g/mol. The van der Waals surface area contributed by atoms with E-state index in [1.165, 1.54) is 6.39 Å². The lowest BCUT2D eigenvalue weighted by Crippen LogP contribution is -2.26. The number of nitrogens with one attached hydrogen (secondary N) is 1. The molecule has 0 saturated carbocycles. The molecule has 0 aliphatic carbocycles. The van der Waals surface area contributed by atoms with Crippen LogP contribution in [0.25, 0.3) is 11.1 Å². The minimum Gasteiger partial charge on any atom is -0.443 e. The Bertz CT molecular complexity index is 478. The SMILES string of the molecule is O=C(NCCO)c1ccc2ocnc2c1. The molecular formula is C10H10N2O3. The highest BCUT2D eigenvalue weighted by Gasteiger charge is 2.06. The molecule has 1 heterocycles. The number of carbonyl (C=O) groups excluding carboxylic acids is 1. The number of hydrogen-bond acceptors (Lipinski definition) is 4. The van der Waals surface area contributed by atoms with Gasteiger partial charge < -0.3 is 14.8 Å². The van der Waals surface area contributed by atoms with Crippen molar-refractivity contribution in [3.8, 4) is 0 Å². The maximum absolute atomic E-state index is 11.5. The van der Waals surface area contributed by atoms with Crippen LogP contribution in [0.2, 0.25) is 0 Å². The van der Waals surface area contributed by atoms with Crippen LogP contribution in [-0.2, 0) is 0 Å². The van der Waals surface area contributed by atoms with Gasteiger partial charge in [-0.05, 0) is 18.2 Å². The monoisotopic (exact) mass is 206 g/mol. The molecule has 1 amide bonds. The summed E-state index contributed by atoms with van der Waals surface area (Å²) in [6.45, 7) is 0.174. The molecule has 5 heteroatoms. The maximum atomic E-state index is 11.5. The molecule has 78 valence electrons. The van der Waals surface area contributed by atoms with Crippen molar-refractivity contribution < 1.29 is 14.3 Å². The number of hydrogen-bond donors (Lipinski definition) is 2. The smallest absolute Gasteiger partial charge is 0.251 e. The Morgan fingerprint density at radius 1 is 1.53 bits per heavy atom. The molecule has 2 rings (SSSR count). The highest BCUT2D eigenvalue weighted by Crippen LogP contribution is 2.13. The van der Waals surface area contributed by atoms with E-state index in [1.54, 1.807) is 18.2 Å². The van der Waals surface area contributed by atoms with Gasteiger partial charge in [0.2, 0.25) is 0 Å². The number of carbonyl (C=O) groups is 1. The van der Waals surface area contributed by atoms with Gasteiger partial charge in [0.25, 0.3) is 5.91 Å². The molecule has 0 aliphatic heterocycles. The van der Waals surface area contributed by atoms with E-state index < -0.39 is 0 Å². The lowest BCUT2D eigenvalue weighted by atomic mass is 10.2. The van der Waals surface area contributed by atoms with Crippen LogP contribution in [-0.4, -0.2) is 29.1 Å². The van der Waals surface area contributed by atoms with E-state index in [9.17, 15) is 4.79 Å². The topological polar surface area (TPSA) is 75.4 Å². The first kappa shape index (κ1) is 9.67. The van der Waals surface area contributed by atoms with Crippen molar-refractivity contribution >= 4 is 17.0 Å². The molecule has 0 fully saturated rings. The molecule has 1 aromatic heterocycles. The molecule has 0 unspecified atom stereocenters. The van der Waals surface area contributed by atoms with Crippen molar-refractivity contribution in [1.29, 1.82) is 0 Å². The third-order valence-corrected chi connectivity index (χ3v) is 1.99. The van der Waals surface area contributed by atoms with Crippen LogP contribution >= 0.6 is 0 Å². The van der Waals surface area contributed by atoms with Crippen LogP contribution in [0.5, 0.6) is 0 Å². The summed E-state index contributed by atoms with van der Waals surface area (Å²) in [5.74, 6) is -0.228. The van der Waals surface area contributed by atoms with Crippen LogP contribution in [0.15, 0.2) is 29.0 Å². The Hall–Kier alpha value is -1.88. The highest BCUT2D eigenvalue weighted by atomic mass is 16.3. The lowest BCUT2D eigenvalue weighted by molar-refractivity contribution is 0.0945. The van der Waals surface area contributed by atoms with Gasteiger partial charge in [-0.2, -0.15) is 0 Å². The second-order valence-electron chi connectivity index (χ2n) is 3.01. The highest BCUT2D eigenvalue weighted by molar-refractivity contribution is 5.96. The molecule has 0 spiro atoms. The predicted molar refractivity (Wildman–Crippen MR) is 53.4 cm³/mol. The van der Waals surface area contributed by atoms with E-state index in [0.717, 1.165) is 0 Å². The van der Waals surface area contributed by atoms with Crippen molar-refractivity contribution in [3.63, 3.8) is 0 Å². The van der Waals surface area contributed by atoms with Gasteiger partial charge in [0, 0.05) is 12.1 Å². The molecule has 0 aliphatic rings. The third kappa shape index (κ3) is 1.97. The molecule has 2 N–H and O–H groups in total. The first-order chi connectivity index (χ1) is 7.31. The van der Waals surface area contributed by atoms with Gasteiger partial charge >= 0.3 is 0 Å². The number of benzene rings is 1. The molecule has 2 aromatic rings. The zero-order chi connectivity index (χ0) is 10.7. The molecule has 1 aromatic carbocycles. The van der Waals surface area contributed by atoms with E-state index in [1.807, 2.05) is 0 Å². The third-order valence-electron chi connectivity index (χ3n) is 1.99. The van der Waals surface area contributed by atoms with Crippen molar-refractivity contribution in [1.82, 2.24) is 10.3 Å². The summed E-state index contributed by atoms with van der Waals surface area (Å²) in [5, 5.41) is 11.1. The molecule has 0 bridgehead atoms. The largest absolute Gasteiger partial charge is 0.443 e. The average Bonchev–Trinajstić information content (AvgIpc) is 2.72. The summed E-state index contributed by atoms with van der Waals surface area (Å²) in [4.78, 5) is 15.4. The van der Waals surface area contributed by atoms with E-state index in [-0.39, 0.29) is 19.1 Å². The van der Waals surface area contributed by atoms with Crippen LogP contribution < -0.4 is 5.32 Å². The van der Waals surface area contributed by atoms with Crippen molar-refractivity contribution in [2.24, 2.45) is 0 Å². The number of aliphatic hydroxyl groups is 1. The number of aromatic nitrogens is 1. The summed E-state index contributed by atoms with van der Waals surface area (Å²) in [6.07, 6.45) is 1.33. The van der Waals surface area contributed by atoms with Crippen LogP contribution in [0.1, 0.15) is 10.4 Å². The fraction of sp³-hybridized carbons (Fsp3) is 0.200. The van der Waals surface area contributed by atoms with Crippen molar-refractivity contribution in [2.75, 3.05) is 13.2 Å². The van der Waals surface area contributed by atoms with Gasteiger partial charge in [-0.1, -0.05) is 0 Å². The number of rotatable bonds is 3. The van der Waals surface area contributed by atoms with Crippen molar-refractivity contribution in [3.05, 3.63) is 30.2 Å². The fourth-order valence-electron chi connectivity index (χ4n) is 1.27. The van der Waals surface area contributed by atoms with E-state index in [4.69, 9.17) is 9.52 Å². The number of aliphatic hydroxyl groups excluding tert-OH is 1. The number of fused-ring (bicyclic) bond motifs is 1. The van der Waals surface area contributed by atoms with Crippen LogP contribution in [0, 0.1) is 0 Å². The zero-order valence-electron chi connectivity index (χ0n) is 7.93. The first-order valence-electron chi connectivity index (χ1n) is 4.53.